The van der Waals surface area contributed by atoms with Gasteiger partial charge in [-0.2, -0.15) is 8.78 Å². The summed E-state index contributed by atoms with van der Waals surface area (Å²) in [5, 5.41) is 8.35. The summed E-state index contributed by atoms with van der Waals surface area (Å²) in [5.41, 5.74) is 0.0536. The summed E-state index contributed by atoms with van der Waals surface area (Å²) in [6.07, 6.45) is 0. The van der Waals surface area contributed by atoms with E-state index in [-0.39, 0.29) is 11.4 Å². The van der Waals surface area contributed by atoms with Crippen molar-refractivity contribution in [2.24, 2.45) is 0 Å². The Balaban J connectivity index is 2.72. The summed E-state index contributed by atoms with van der Waals surface area (Å²) >= 11 is 0. The third-order valence-corrected chi connectivity index (χ3v) is 2.84. The number of halogens is 2. The molecule has 0 fully saturated rings. The van der Waals surface area contributed by atoms with E-state index in [1.165, 1.54) is 12.1 Å². The number of alkyl halides is 2. The monoisotopic (exact) mass is 281 g/mol. The van der Waals surface area contributed by atoms with Gasteiger partial charge in [0.25, 0.3) is 0 Å². The number of carbonyl (C=O) groups is 1. The molecule has 0 heterocycles. The van der Waals surface area contributed by atoms with Gasteiger partial charge in [0.05, 0.1) is 0 Å². The minimum atomic E-state index is -4.01. The summed E-state index contributed by atoms with van der Waals surface area (Å²) in [6.45, 7) is -2.97. The maximum atomic E-state index is 11.8. The third kappa shape index (κ3) is 4.95. The van der Waals surface area contributed by atoms with Crippen molar-refractivity contribution in [1.29, 1.82) is 0 Å². The van der Waals surface area contributed by atoms with Gasteiger partial charge in [0.1, 0.15) is 5.75 Å². The van der Waals surface area contributed by atoms with Crippen LogP contribution < -0.4 is 9.46 Å². The van der Waals surface area contributed by atoms with E-state index in [9.17, 15) is 22.0 Å². The number of carboxylic acids is 1. The Bertz CT molecular complexity index is 514. The Hall–Kier alpha value is -1.90. The van der Waals surface area contributed by atoms with Crippen LogP contribution in [0.2, 0.25) is 0 Å². The number of hydrogen-bond donors (Lipinski definition) is 2. The molecule has 0 aliphatic carbocycles. The Labute approximate surface area is 101 Å². The molecule has 0 saturated carbocycles. The van der Waals surface area contributed by atoms with Crippen LogP contribution in [-0.2, 0) is 14.8 Å². The Kier molecular flexibility index (Phi) is 4.43. The summed E-state index contributed by atoms with van der Waals surface area (Å²) in [6, 6.07) is 4.61. The number of ether oxygens (including phenoxy) is 1. The molecule has 1 aromatic rings. The number of rotatable bonds is 6. The average molecular weight is 281 g/mol. The second-order valence-corrected chi connectivity index (χ2v) is 4.88. The van der Waals surface area contributed by atoms with Crippen LogP contribution in [-0.4, -0.2) is 31.9 Å². The number of sulfonamides is 1. The van der Waals surface area contributed by atoms with Gasteiger partial charge >= 0.3 is 12.6 Å². The number of anilines is 1. The van der Waals surface area contributed by atoms with Gasteiger partial charge in [0.15, 0.2) is 5.75 Å². The molecular formula is C9H9F2NO5S. The van der Waals surface area contributed by atoms with Crippen LogP contribution in [0.25, 0.3) is 0 Å². The molecule has 6 nitrogen and oxygen atoms in total. The molecule has 0 aliphatic rings. The van der Waals surface area contributed by atoms with Crippen LogP contribution in [0.5, 0.6) is 5.75 Å². The van der Waals surface area contributed by atoms with Gasteiger partial charge in [-0.05, 0) is 24.3 Å². The summed E-state index contributed by atoms with van der Waals surface area (Å²) in [4.78, 5) is 10.3. The van der Waals surface area contributed by atoms with Gasteiger partial charge in [0.2, 0.25) is 10.0 Å². The first-order chi connectivity index (χ1) is 8.28. The predicted octanol–water partition coefficient (Wildman–Crippen LogP) is 1.11. The minimum Gasteiger partial charge on any atom is -0.480 e. The molecule has 0 aliphatic heterocycles. The smallest absolute Gasteiger partial charge is 0.387 e. The van der Waals surface area contributed by atoms with E-state index in [0.717, 1.165) is 12.1 Å². The van der Waals surface area contributed by atoms with Crippen molar-refractivity contribution in [2.75, 3.05) is 10.5 Å². The van der Waals surface area contributed by atoms with Crippen molar-refractivity contribution in [3.63, 3.8) is 0 Å². The van der Waals surface area contributed by atoms with E-state index in [0.29, 0.717) is 0 Å². The molecule has 1 rings (SSSR count). The second-order valence-electron chi connectivity index (χ2n) is 3.16. The van der Waals surface area contributed by atoms with Crippen LogP contribution in [0.15, 0.2) is 24.3 Å². The van der Waals surface area contributed by atoms with Crippen LogP contribution in [0.3, 0.4) is 0 Å². The molecule has 100 valence electrons. The normalized spacial score (nSPS) is 11.3. The summed E-state index contributed by atoms with van der Waals surface area (Å²) < 4.78 is 52.2. The standard InChI is InChI=1S/C9H9F2NO5S/c10-9(11)17-7-3-1-6(2-4-7)12-18(15,16)5-8(13)14/h1-4,9,12H,5H2,(H,13,14). The Morgan fingerprint density at radius 1 is 1.33 bits per heavy atom. The first-order valence-electron chi connectivity index (χ1n) is 4.56. The molecule has 0 unspecified atom stereocenters. The van der Waals surface area contributed by atoms with Gasteiger partial charge in [-0.1, -0.05) is 0 Å². The zero-order chi connectivity index (χ0) is 13.8. The highest BCUT2D eigenvalue weighted by molar-refractivity contribution is 7.93. The highest BCUT2D eigenvalue weighted by atomic mass is 32.2. The van der Waals surface area contributed by atoms with Gasteiger partial charge in [-0.15, -0.1) is 0 Å². The van der Waals surface area contributed by atoms with Crippen LogP contribution in [0, 0.1) is 0 Å². The van der Waals surface area contributed by atoms with E-state index in [1.807, 2.05) is 4.72 Å². The molecule has 1 aromatic carbocycles. The minimum absolute atomic E-state index is 0.0536. The van der Waals surface area contributed by atoms with E-state index < -0.39 is 28.4 Å². The SMILES string of the molecule is O=C(O)CS(=O)(=O)Nc1ccc(OC(F)F)cc1. The van der Waals surface area contributed by atoms with Crippen molar-refractivity contribution in [3.05, 3.63) is 24.3 Å². The van der Waals surface area contributed by atoms with Crippen molar-refractivity contribution in [3.8, 4) is 5.75 Å². The zero-order valence-electron chi connectivity index (χ0n) is 8.84. The van der Waals surface area contributed by atoms with Crippen LogP contribution >= 0.6 is 0 Å². The van der Waals surface area contributed by atoms with E-state index in [4.69, 9.17) is 5.11 Å². The number of hydrogen-bond acceptors (Lipinski definition) is 4. The molecule has 0 amide bonds. The first-order valence-corrected chi connectivity index (χ1v) is 6.21. The number of aliphatic carboxylic acids is 1. The van der Waals surface area contributed by atoms with Gasteiger partial charge in [-0.3, -0.25) is 9.52 Å². The fraction of sp³-hybridized carbons (Fsp3) is 0.222. The topological polar surface area (TPSA) is 92.7 Å². The molecule has 0 bridgehead atoms. The van der Waals surface area contributed by atoms with Crippen molar-refractivity contribution in [2.45, 2.75) is 6.61 Å². The van der Waals surface area contributed by atoms with Crippen LogP contribution in [0.1, 0.15) is 0 Å². The predicted molar refractivity (Wildman–Crippen MR) is 58.1 cm³/mol. The molecule has 0 spiro atoms. The number of benzene rings is 1. The fourth-order valence-electron chi connectivity index (χ4n) is 1.08. The Morgan fingerprint density at radius 2 is 1.89 bits per heavy atom. The lowest BCUT2D eigenvalue weighted by molar-refractivity contribution is -0.134. The highest BCUT2D eigenvalue weighted by Crippen LogP contribution is 2.18. The second kappa shape index (κ2) is 5.63. The van der Waals surface area contributed by atoms with E-state index >= 15 is 0 Å². The molecular weight excluding hydrogens is 272 g/mol. The Morgan fingerprint density at radius 3 is 2.33 bits per heavy atom. The van der Waals surface area contributed by atoms with Gasteiger partial charge in [-0.25, -0.2) is 8.42 Å². The quantitative estimate of drug-likeness (QED) is 0.815. The average Bonchev–Trinajstić information content (AvgIpc) is 2.17. The summed E-state index contributed by atoms with van der Waals surface area (Å²) in [5.74, 6) is -2.71. The molecule has 2 N–H and O–H groups in total. The van der Waals surface area contributed by atoms with E-state index in [2.05, 4.69) is 4.74 Å². The zero-order valence-corrected chi connectivity index (χ0v) is 9.65. The maximum absolute atomic E-state index is 11.8. The number of nitrogens with one attached hydrogen (secondary N) is 1. The fourth-order valence-corrected chi connectivity index (χ4v) is 1.98. The molecule has 9 heteroatoms. The van der Waals surface area contributed by atoms with E-state index in [1.54, 1.807) is 0 Å². The third-order valence-electron chi connectivity index (χ3n) is 1.67. The van der Waals surface area contributed by atoms with Crippen molar-refractivity contribution >= 4 is 21.7 Å². The summed E-state index contributed by atoms with van der Waals surface area (Å²) in [7, 11) is -4.01. The maximum Gasteiger partial charge on any atom is 0.387 e. The van der Waals surface area contributed by atoms with Crippen molar-refractivity contribution in [1.82, 2.24) is 0 Å². The van der Waals surface area contributed by atoms with Gasteiger partial charge < -0.3 is 9.84 Å². The van der Waals surface area contributed by atoms with Crippen LogP contribution in [0.4, 0.5) is 14.5 Å². The molecule has 0 atom stereocenters. The largest absolute Gasteiger partial charge is 0.480 e. The van der Waals surface area contributed by atoms with Gasteiger partial charge in [0, 0.05) is 5.69 Å². The lowest BCUT2D eigenvalue weighted by atomic mass is 10.3. The number of carboxylic acid groups (broad SMARTS) is 1. The molecule has 0 saturated heterocycles. The molecule has 18 heavy (non-hydrogen) atoms. The highest BCUT2D eigenvalue weighted by Gasteiger charge is 2.15. The van der Waals surface area contributed by atoms with Crippen molar-refractivity contribution < 1.29 is 31.8 Å². The lowest BCUT2D eigenvalue weighted by Crippen LogP contribution is -2.22. The molecule has 0 radical (unpaired) electrons. The lowest BCUT2D eigenvalue weighted by Gasteiger charge is -2.07. The first kappa shape index (κ1) is 14.2. The molecule has 0 aromatic heterocycles.